The quantitative estimate of drug-likeness (QED) is 0.662. The second kappa shape index (κ2) is 8.56. The fraction of sp³-hybridized carbons (Fsp3) is 0.368. The number of halogens is 3. The molecule has 1 aromatic rings. The zero-order chi connectivity index (χ0) is 19.2. The van der Waals surface area contributed by atoms with Crippen molar-refractivity contribution in [2.24, 2.45) is 5.92 Å². The van der Waals surface area contributed by atoms with E-state index in [9.17, 15) is 22.8 Å². The van der Waals surface area contributed by atoms with Crippen molar-refractivity contribution >= 4 is 11.8 Å². The average Bonchev–Trinajstić information content (AvgIpc) is 2.64. The minimum absolute atomic E-state index is 0.117. The number of nitrogens with one attached hydrogen (secondary N) is 1. The molecule has 1 saturated heterocycles. The van der Waals surface area contributed by atoms with Crippen LogP contribution in [-0.4, -0.2) is 36.3 Å². The maximum atomic E-state index is 12.5. The molecule has 1 aliphatic rings. The Labute approximate surface area is 150 Å². The second-order valence-electron chi connectivity index (χ2n) is 5.90. The molecule has 138 valence electrons. The summed E-state index contributed by atoms with van der Waals surface area (Å²) < 4.78 is 37.4. The van der Waals surface area contributed by atoms with Crippen LogP contribution in [0, 0.1) is 17.8 Å². The van der Waals surface area contributed by atoms with E-state index < -0.39 is 11.7 Å². The molecule has 1 aromatic carbocycles. The second-order valence-corrected chi connectivity index (χ2v) is 5.90. The Morgan fingerprint density at radius 3 is 2.38 bits per heavy atom. The third kappa shape index (κ3) is 5.38. The van der Waals surface area contributed by atoms with Gasteiger partial charge in [-0.3, -0.25) is 9.59 Å². The van der Waals surface area contributed by atoms with Crippen LogP contribution in [0.1, 0.15) is 24.0 Å². The van der Waals surface area contributed by atoms with Crippen molar-refractivity contribution in [3.05, 3.63) is 48.0 Å². The highest BCUT2D eigenvalue weighted by Gasteiger charge is 2.29. The zero-order valence-electron chi connectivity index (χ0n) is 14.1. The molecule has 0 unspecified atom stereocenters. The fourth-order valence-corrected chi connectivity index (χ4v) is 2.66. The average molecular weight is 364 g/mol. The molecular weight excluding hydrogens is 345 g/mol. The smallest absolute Gasteiger partial charge is 0.345 e. The summed E-state index contributed by atoms with van der Waals surface area (Å²) in [6.45, 7) is 4.59. The van der Waals surface area contributed by atoms with E-state index in [0.717, 1.165) is 12.1 Å². The molecule has 0 aromatic heterocycles. The summed E-state index contributed by atoms with van der Waals surface area (Å²) in [7, 11) is 0. The van der Waals surface area contributed by atoms with Crippen LogP contribution >= 0.6 is 0 Å². The number of piperidine rings is 1. The summed E-state index contributed by atoms with van der Waals surface area (Å²) in [6.07, 6.45) is -1.95. The molecule has 0 atom stereocenters. The van der Waals surface area contributed by atoms with Crippen LogP contribution in [0.5, 0.6) is 0 Å². The fourth-order valence-electron chi connectivity index (χ4n) is 2.66. The SMILES string of the molecule is C=CC(=O)N1CCC(C(=O)NCC#Cc2ccc(C(F)(F)F)cc2)CC1. The van der Waals surface area contributed by atoms with E-state index >= 15 is 0 Å². The lowest BCUT2D eigenvalue weighted by Crippen LogP contribution is -2.42. The molecule has 26 heavy (non-hydrogen) atoms. The van der Waals surface area contributed by atoms with Gasteiger partial charge in [0.1, 0.15) is 0 Å². The van der Waals surface area contributed by atoms with Crippen LogP contribution in [0.15, 0.2) is 36.9 Å². The normalized spacial score (nSPS) is 15.0. The lowest BCUT2D eigenvalue weighted by Gasteiger charge is -2.30. The largest absolute Gasteiger partial charge is 0.416 e. The van der Waals surface area contributed by atoms with Gasteiger partial charge in [-0.05, 0) is 43.2 Å². The number of hydrogen-bond acceptors (Lipinski definition) is 2. The highest BCUT2D eigenvalue weighted by atomic mass is 19.4. The van der Waals surface area contributed by atoms with Crippen LogP contribution in [-0.2, 0) is 15.8 Å². The molecule has 1 fully saturated rings. The Balaban J connectivity index is 1.78. The van der Waals surface area contributed by atoms with Gasteiger partial charge in [0.05, 0.1) is 12.1 Å². The predicted molar refractivity (Wildman–Crippen MR) is 90.8 cm³/mol. The van der Waals surface area contributed by atoms with Gasteiger partial charge in [0.25, 0.3) is 0 Å². The molecule has 0 bridgehead atoms. The molecule has 0 aliphatic carbocycles. The molecule has 0 spiro atoms. The van der Waals surface area contributed by atoms with Crippen molar-refractivity contribution in [3.8, 4) is 11.8 Å². The van der Waals surface area contributed by atoms with Gasteiger partial charge in [0, 0.05) is 24.6 Å². The lowest BCUT2D eigenvalue weighted by molar-refractivity contribution is -0.137. The van der Waals surface area contributed by atoms with E-state index in [4.69, 9.17) is 0 Å². The van der Waals surface area contributed by atoms with Gasteiger partial charge in [-0.2, -0.15) is 13.2 Å². The number of alkyl halides is 3. The number of carbonyl (C=O) groups is 2. The predicted octanol–water partition coefficient (Wildman–Crippen LogP) is 2.60. The number of carbonyl (C=O) groups excluding carboxylic acids is 2. The highest BCUT2D eigenvalue weighted by molar-refractivity contribution is 5.87. The van der Waals surface area contributed by atoms with Crippen LogP contribution in [0.25, 0.3) is 0 Å². The number of likely N-dealkylation sites (tertiary alicyclic amines) is 1. The first-order chi connectivity index (χ1) is 12.3. The van der Waals surface area contributed by atoms with E-state index in [2.05, 4.69) is 23.7 Å². The van der Waals surface area contributed by atoms with Gasteiger partial charge in [0.15, 0.2) is 0 Å². The molecule has 2 amide bonds. The van der Waals surface area contributed by atoms with Crippen molar-refractivity contribution in [1.82, 2.24) is 10.2 Å². The molecular formula is C19H19F3N2O2. The van der Waals surface area contributed by atoms with Crippen molar-refractivity contribution in [3.63, 3.8) is 0 Å². The molecule has 1 aliphatic heterocycles. The van der Waals surface area contributed by atoms with Crippen molar-refractivity contribution in [2.75, 3.05) is 19.6 Å². The molecule has 7 heteroatoms. The van der Waals surface area contributed by atoms with Crippen molar-refractivity contribution in [2.45, 2.75) is 19.0 Å². The van der Waals surface area contributed by atoms with E-state index in [1.54, 1.807) is 4.90 Å². The topological polar surface area (TPSA) is 49.4 Å². The van der Waals surface area contributed by atoms with Gasteiger partial charge in [-0.15, -0.1) is 0 Å². The summed E-state index contributed by atoms with van der Waals surface area (Å²) in [6, 6.07) is 4.54. The van der Waals surface area contributed by atoms with Crippen molar-refractivity contribution in [1.29, 1.82) is 0 Å². The Morgan fingerprint density at radius 2 is 1.85 bits per heavy atom. The van der Waals surface area contributed by atoms with E-state index in [-0.39, 0.29) is 24.3 Å². The third-order valence-electron chi connectivity index (χ3n) is 4.15. The van der Waals surface area contributed by atoms with Crippen molar-refractivity contribution < 1.29 is 22.8 Å². The molecule has 1 heterocycles. The van der Waals surface area contributed by atoms with Crippen LogP contribution in [0.2, 0.25) is 0 Å². The lowest BCUT2D eigenvalue weighted by atomic mass is 9.96. The molecule has 4 nitrogen and oxygen atoms in total. The molecule has 0 saturated carbocycles. The van der Waals surface area contributed by atoms with Gasteiger partial charge >= 0.3 is 6.18 Å². The Kier molecular flexibility index (Phi) is 6.45. The zero-order valence-corrected chi connectivity index (χ0v) is 14.1. The Hall–Kier alpha value is -2.75. The van der Waals surface area contributed by atoms with Gasteiger partial charge in [0.2, 0.25) is 11.8 Å². The maximum Gasteiger partial charge on any atom is 0.416 e. The van der Waals surface area contributed by atoms with E-state index in [1.165, 1.54) is 18.2 Å². The number of amides is 2. The minimum Gasteiger partial charge on any atom is -0.345 e. The number of nitrogens with zero attached hydrogens (tertiary/aromatic N) is 1. The van der Waals surface area contributed by atoms with E-state index in [1.807, 2.05) is 0 Å². The van der Waals surface area contributed by atoms with Gasteiger partial charge in [-0.1, -0.05) is 18.4 Å². The highest BCUT2D eigenvalue weighted by Crippen LogP contribution is 2.28. The Morgan fingerprint density at radius 1 is 1.23 bits per heavy atom. The Bertz CT molecular complexity index is 722. The first kappa shape index (κ1) is 19.6. The molecule has 1 N–H and O–H groups in total. The summed E-state index contributed by atoms with van der Waals surface area (Å²) in [4.78, 5) is 25.2. The summed E-state index contributed by atoms with van der Waals surface area (Å²) in [5.41, 5.74) is -0.277. The minimum atomic E-state index is -4.37. The van der Waals surface area contributed by atoms with E-state index in [0.29, 0.717) is 31.5 Å². The number of benzene rings is 1. The maximum absolute atomic E-state index is 12.5. The van der Waals surface area contributed by atoms with Gasteiger partial charge in [-0.25, -0.2) is 0 Å². The van der Waals surface area contributed by atoms with Crippen LogP contribution < -0.4 is 5.32 Å². The summed E-state index contributed by atoms with van der Waals surface area (Å²) in [5.74, 6) is 5.01. The van der Waals surface area contributed by atoms with Gasteiger partial charge < -0.3 is 10.2 Å². The number of rotatable bonds is 3. The summed E-state index contributed by atoms with van der Waals surface area (Å²) in [5, 5.41) is 2.70. The molecule has 0 radical (unpaired) electrons. The first-order valence-electron chi connectivity index (χ1n) is 8.16. The number of hydrogen-bond donors (Lipinski definition) is 1. The van der Waals surface area contributed by atoms with Crippen LogP contribution in [0.3, 0.4) is 0 Å². The van der Waals surface area contributed by atoms with Crippen LogP contribution in [0.4, 0.5) is 13.2 Å². The third-order valence-corrected chi connectivity index (χ3v) is 4.15. The summed E-state index contributed by atoms with van der Waals surface area (Å²) >= 11 is 0. The molecule has 2 rings (SSSR count). The standard InChI is InChI=1S/C19H19F3N2O2/c1-2-17(25)24-12-9-15(10-13-24)18(26)23-11-3-4-14-5-7-16(8-6-14)19(20,21)22/h2,5-8,15H,1,9-13H2,(H,23,26). The monoisotopic (exact) mass is 364 g/mol. The first-order valence-corrected chi connectivity index (χ1v) is 8.16.